The summed E-state index contributed by atoms with van der Waals surface area (Å²) in [6.07, 6.45) is 0. The first-order valence-corrected chi connectivity index (χ1v) is 6.82. The molecule has 0 fully saturated rings. The van der Waals surface area contributed by atoms with Gasteiger partial charge in [0.2, 0.25) is 5.91 Å². The number of thiophene rings is 1. The minimum Gasteiger partial charge on any atom is -0.325 e. The Morgan fingerprint density at radius 2 is 1.95 bits per heavy atom. The van der Waals surface area contributed by atoms with Crippen LogP contribution in [0.25, 0.3) is 0 Å². The van der Waals surface area contributed by atoms with E-state index in [1.54, 1.807) is 11.0 Å². The van der Waals surface area contributed by atoms with Crippen LogP contribution >= 0.6 is 11.3 Å². The van der Waals surface area contributed by atoms with Crippen LogP contribution in [0.2, 0.25) is 0 Å². The molecule has 2 aromatic rings. The third-order valence-electron chi connectivity index (χ3n) is 2.99. The third-order valence-corrected chi connectivity index (χ3v) is 3.82. The molecule has 0 spiro atoms. The number of anilines is 1. The lowest BCUT2D eigenvalue weighted by Gasteiger charge is -2.19. The second kappa shape index (κ2) is 4.85. The zero-order chi connectivity index (χ0) is 13.2. The molecule has 2 heterocycles. The van der Waals surface area contributed by atoms with Gasteiger partial charge in [0.05, 0.1) is 5.56 Å². The van der Waals surface area contributed by atoms with E-state index in [4.69, 9.17) is 0 Å². The number of amides is 2. The van der Waals surface area contributed by atoms with Gasteiger partial charge in [-0.3, -0.25) is 9.59 Å². The molecule has 0 saturated carbocycles. The molecule has 5 heteroatoms. The average molecular weight is 272 g/mol. The lowest BCUT2D eigenvalue weighted by Crippen LogP contribution is -2.34. The van der Waals surface area contributed by atoms with Crippen molar-refractivity contribution in [3.05, 3.63) is 52.9 Å². The van der Waals surface area contributed by atoms with Gasteiger partial charge in [0.25, 0.3) is 5.91 Å². The number of rotatable bonds is 2. The number of carbonyl (C=O) groups excluding carboxylic acids is 2. The molecule has 3 rings (SSSR count). The highest BCUT2D eigenvalue weighted by molar-refractivity contribution is 7.14. The molecule has 0 atom stereocenters. The van der Waals surface area contributed by atoms with E-state index in [0.29, 0.717) is 17.1 Å². The first-order chi connectivity index (χ1) is 9.24. The van der Waals surface area contributed by atoms with Crippen molar-refractivity contribution in [2.45, 2.75) is 6.54 Å². The molecule has 2 amide bonds. The van der Waals surface area contributed by atoms with Gasteiger partial charge < -0.3 is 10.2 Å². The molecule has 0 bridgehead atoms. The normalized spacial score (nSPS) is 14.8. The van der Waals surface area contributed by atoms with E-state index in [1.165, 1.54) is 11.3 Å². The Kier molecular flexibility index (Phi) is 3.05. The van der Waals surface area contributed by atoms with Gasteiger partial charge in [0.15, 0.2) is 0 Å². The summed E-state index contributed by atoms with van der Waals surface area (Å²) in [7, 11) is 0. The van der Waals surface area contributed by atoms with E-state index in [1.807, 2.05) is 35.7 Å². The summed E-state index contributed by atoms with van der Waals surface area (Å²) in [5.41, 5.74) is 1.59. The fourth-order valence-electron chi connectivity index (χ4n) is 2.09. The predicted molar refractivity (Wildman–Crippen MR) is 74.1 cm³/mol. The van der Waals surface area contributed by atoms with Crippen molar-refractivity contribution in [1.29, 1.82) is 0 Å². The van der Waals surface area contributed by atoms with Gasteiger partial charge in [0, 0.05) is 6.54 Å². The zero-order valence-corrected chi connectivity index (χ0v) is 10.9. The highest BCUT2D eigenvalue weighted by Crippen LogP contribution is 2.27. The van der Waals surface area contributed by atoms with Crippen molar-refractivity contribution >= 4 is 28.2 Å². The Bertz CT molecular complexity index is 621. The third kappa shape index (κ3) is 2.37. The second-order valence-electron chi connectivity index (χ2n) is 4.36. The lowest BCUT2D eigenvalue weighted by atomic mass is 10.2. The zero-order valence-electron chi connectivity index (χ0n) is 10.1. The van der Waals surface area contributed by atoms with Crippen LogP contribution in [-0.2, 0) is 11.3 Å². The molecule has 0 saturated heterocycles. The number of hydrogen-bond acceptors (Lipinski definition) is 3. The van der Waals surface area contributed by atoms with Crippen molar-refractivity contribution < 1.29 is 9.59 Å². The van der Waals surface area contributed by atoms with E-state index < -0.39 is 0 Å². The molecular weight excluding hydrogens is 260 g/mol. The molecule has 1 aromatic heterocycles. The van der Waals surface area contributed by atoms with Gasteiger partial charge in [-0.1, -0.05) is 30.3 Å². The Hall–Kier alpha value is -2.14. The number of nitrogens with zero attached hydrogens (tertiary/aromatic N) is 1. The average Bonchev–Trinajstić information content (AvgIpc) is 2.82. The van der Waals surface area contributed by atoms with E-state index in [9.17, 15) is 9.59 Å². The minimum absolute atomic E-state index is 0.0924. The van der Waals surface area contributed by atoms with Crippen LogP contribution in [-0.4, -0.2) is 23.3 Å². The second-order valence-corrected chi connectivity index (χ2v) is 5.27. The van der Waals surface area contributed by atoms with Gasteiger partial charge >= 0.3 is 0 Å². The predicted octanol–water partition coefficient (Wildman–Crippen LogP) is 2.34. The summed E-state index contributed by atoms with van der Waals surface area (Å²) >= 11 is 1.38. The summed E-state index contributed by atoms with van der Waals surface area (Å²) in [5, 5.41) is 5.22. The summed E-state index contributed by atoms with van der Waals surface area (Å²) < 4.78 is 0. The fraction of sp³-hybridized carbons (Fsp3) is 0.143. The van der Waals surface area contributed by atoms with Gasteiger partial charge in [-0.05, 0) is 17.0 Å². The molecule has 0 aliphatic carbocycles. The van der Waals surface area contributed by atoms with Crippen LogP contribution < -0.4 is 5.32 Å². The number of fused-ring (bicyclic) bond motifs is 1. The van der Waals surface area contributed by atoms with E-state index in [0.717, 1.165) is 5.56 Å². The summed E-state index contributed by atoms with van der Waals surface area (Å²) in [6, 6.07) is 11.4. The quantitative estimate of drug-likeness (QED) is 0.912. The molecule has 96 valence electrons. The van der Waals surface area contributed by atoms with Gasteiger partial charge in [-0.2, -0.15) is 0 Å². The highest BCUT2D eigenvalue weighted by Gasteiger charge is 2.26. The largest absolute Gasteiger partial charge is 0.325 e. The molecule has 4 nitrogen and oxygen atoms in total. The fourth-order valence-corrected chi connectivity index (χ4v) is 2.88. The molecule has 1 aliphatic heterocycles. The summed E-state index contributed by atoms with van der Waals surface area (Å²) in [4.78, 5) is 25.8. The Morgan fingerprint density at radius 3 is 2.74 bits per heavy atom. The topological polar surface area (TPSA) is 49.4 Å². The van der Waals surface area contributed by atoms with Crippen LogP contribution in [0.4, 0.5) is 5.00 Å². The first kappa shape index (κ1) is 11.9. The smallest absolute Gasteiger partial charge is 0.257 e. The number of benzene rings is 1. The molecular formula is C14H12N2O2S. The van der Waals surface area contributed by atoms with Crippen LogP contribution in [0.3, 0.4) is 0 Å². The summed E-state index contributed by atoms with van der Waals surface area (Å²) in [5.74, 6) is -0.246. The van der Waals surface area contributed by atoms with E-state index >= 15 is 0 Å². The van der Waals surface area contributed by atoms with Crippen molar-refractivity contribution in [2.75, 3.05) is 11.9 Å². The van der Waals surface area contributed by atoms with E-state index in [2.05, 4.69) is 5.32 Å². The van der Waals surface area contributed by atoms with E-state index in [-0.39, 0.29) is 18.4 Å². The number of carbonyl (C=O) groups is 2. The maximum atomic E-state index is 12.4. The van der Waals surface area contributed by atoms with Crippen LogP contribution in [0.5, 0.6) is 0 Å². The van der Waals surface area contributed by atoms with Gasteiger partial charge in [0.1, 0.15) is 11.5 Å². The van der Waals surface area contributed by atoms with Crippen molar-refractivity contribution in [3.8, 4) is 0 Å². The van der Waals surface area contributed by atoms with Crippen molar-refractivity contribution in [3.63, 3.8) is 0 Å². The molecule has 0 radical (unpaired) electrons. The lowest BCUT2D eigenvalue weighted by molar-refractivity contribution is -0.116. The molecule has 19 heavy (non-hydrogen) atoms. The number of nitrogens with one attached hydrogen (secondary N) is 1. The van der Waals surface area contributed by atoms with Crippen LogP contribution in [0.15, 0.2) is 41.8 Å². The number of hydrogen-bond donors (Lipinski definition) is 1. The highest BCUT2D eigenvalue weighted by atomic mass is 32.1. The molecule has 1 N–H and O–H groups in total. The summed E-state index contributed by atoms with van der Waals surface area (Å²) in [6.45, 7) is 0.539. The standard InChI is InChI=1S/C14H12N2O2S/c17-12-9-16(8-10-4-2-1-3-5-10)14(18)11-6-7-19-13(11)15-12/h1-7H,8-9H2,(H,15,17). The van der Waals surface area contributed by atoms with Crippen LogP contribution in [0.1, 0.15) is 15.9 Å². The minimum atomic E-state index is -0.148. The molecule has 1 aromatic carbocycles. The molecule has 0 unspecified atom stereocenters. The maximum Gasteiger partial charge on any atom is 0.257 e. The van der Waals surface area contributed by atoms with Gasteiger partial charge in [-0.15, -0.1) is 11.3 Å². The first-order valence-electron chi connectivity index (χ1n) is 5.94. The van der Waals surface area contributed by atoms with Gasteiger partial charge in [-0.25, -0.2) is 0 Å². The maximum absolute atomic E-state index is 12.4. The Labute approximate surface area is 114 Å². The van der Waals surface area contributed by atoms with Crippen molar-refractivity contribution in [1.82, 2.24) is 4.90 Å². The Balaban J connectivity index is 1.89. The SMILES string of the molecule is O=C1CN(Cc2ccccc2)C(=O)c2ccsc2N1. The monoisotopic (exact) mass is 272 g/mol. The Morgan fingerprint density at radius 1 is 1.16 bits per heavy atom. The van der Waals surface area contributed by atoms with Crippen LogP contribution in [0, 0.1) is 0 Å². The molecule has 1 aliphatic rings. The van der Waals surface area contributed by atoms with Crippen molar-refractivity contribution in [2.24, 2.45) is 0 Å².